The Hall–Kier alpha value is -0.780. The van der Waals surface area contributed by atoms with Gasteiger partial charge in [-0.3, -0.25) is 0 Å². The number of rotatable bonds is 3. The van der Waals surface area contributed by atoms with Crippen LogP contribution in [0.25, 0.3) is 0 Å². The fraction of sp³-hybridized carbons (Fsp3) is 0.600. The molecule has 0 aliphatic heterocycles. The van der Waals surface area contributed by atoms with E-state index < -0.39 is 0 Å². The highest BCUT2D eigenvalue weighted by Crippen LogP contribution is 2.32. The van der Waals surface area contributed by atoms with Crippen LogP contribution >= 0.6 is 0 Å². The molecule has 86 valence electrons. The van der Waals surface area contributed by atoms with E-state index in [1.807, 2.05) is 19.9 Å². The van der Waals surface area contributed by atoms with Crippen LogP contribution in [0.1, 0.15) is 53.4 Å². The summed E-state index contributed by atoms with van der Waals surface area (Å²) in [7, 11) is 0. The summed E-state index contributed by atoms with van der Waals surface area (Å²) >= 11 is 0. The fourth-order valence-electron chi connectivity index (χ4n) is 2.02. The molecule has 1 atom stereocenters. The minimum absolute atomic E-state index is 0.891. The van der Waals surface area contributed by atoms with E-state index in [1.165, 1.54) is 36.8 Å². The molecule has 0 spiro atoms. The average Bonchev–Trinajstić information content (AvgIpc) is 2.32. The van der Waals surface area contributed by atoms with Crippen molar-refractivity contribution in [2.24, 2.45) is 5.92 Å². The van der Waals surface area contributed by atoms with Gasteiger partial charge in [0.2, 0.25) is 0 Å². The standard InChI is InChI=1S/C13H20.C2H6/c1-4-7-13-9-8-11(5-2)10-12(13)6-3;1-2/h4,6-7,11H,3,5,8-10H2,1-2H3;1-2H3/b7-4-;. The van der Waals surface area contributed by atoms with Gasteiger partial charge in [-0.25, -0.2) is 0 Å². The Bertz CT molecular complexity index is 230. The molecule has 1 rings (SSSR count). The van der Waals surface area contributed by atoms with Crippen LogP contribution in [0, 0.1) is 5.92 Å². The first-order chi connectivity index (χ1) is 7.31. The van der Waals surface area contributed by atoms with E-state index in [-0.39, 0.29) is 0 Å². The van der Waals surface area contributed by atoms with Gasteiger partial charge < -0.3 is 0 Å². The zero-order valence-electron chi connectivity index (χ0n) is 10.8. The third-order valence-corrected chi connectivity index (χ3v) is 2.93. The van der Waals surface area contributed by atoms with Crippen molar-refractivity contribution in [1.82, 2.24) is 0 Å². The van der Waals surface area contributed by atoms with E-state index in [1.54, 1.807) is 0 Å². The topological polar surface area (TPSA) is 0 Å². The van der Waals surface area contributed by atoms with E-state index in [0.29, 0.717) is 0 Å². The van der Waals surface area contributed by atoms with Crippen LogP contribution in [0.3, 0.4) is 0 Å². The van der Waals surface area contributed by atoms with Crippen LogP contribution in [-0.4, -0.2) is 0 Å². The first kappa shape index (κ1) is 14.2. The molecule has 0 heterocycles. The molecule has 0 aromatic carbocycles. The van der Waals surface area contributed by atoms with Gasteiger partial charge in [0.1, 0.15) is 0 Å². The molecule has 0 aromatic heterocycles. The van der Waals surface area contributed by atoms with Gasteiger partial charge in [0.05, 0.1) is 0 Å². The molecule has 0 aromatic rings. The second kappa shape index (κ2) is 8.52. The lowest BCUT2D eigenvalue weighted by molar-refractivity contribution is 0.449. The molecule has 15 heavy (non-hydrogen) atoms. The molecule has 0 bridgehead atoms. The van der Waals surface area contributed by atoms with E-state index in [4.69, 9.17) is 0 Å². The van der Waals surface area contributed by atoms with Gasteiger partial charge in [0.25, 0.3) is 0 Å². The van der Waals surface area contributed by atoms with Crippen LogP contribution in [0.4, 0.5) is 0 Å². The maximum atomic E-state index is 3.89. The molecular formula is C15H26. The molecular weight excluding hydrogens is 180 g/mol. The van der Waals surface area contributed by atoms with E-state index in [0.717, 1.165) is 5.92 Å². The molecule has 0 fully saturated rings. The van der Waals surface area contributed by atoms with Crippen molar-refractivity contribution in [3.05, 3.63) is 36.0 Å². The number of hydrogen-bond acceptors (Lipinski definition) is 0. The molecule has 1 unspecified atom stereocenters. The van der Waals surface area contributed by atoms with E-state index >= 15 is 0 Å². The van der Waals surface area contributed by atoms with Crippen molar-refractivity contribution >= 4 is 0 Å². The van der Waals surface area contributed by atoms with Crippen molar-refractivity contribution in [2.45, 2.75) is 53.4 Å². The summed E-state index contributed by atoms with van der Waals surface area (Å²) < 4.78 is 0. The Kier molecular flexibility index (Phi) is 8.08. The van der Waals surface area contributed by atoms with Crippen LogP contribution in [0.5, 0.6) is 0 Å². The number of allylic oxidation sites excluding steroid dienone is 5. The predicted molar refractivity (Wildman–Crippen MR) is 71.0 cm³/mol. The Balaban J connectivity index is 0.000000921. The van der Waals surface area contributed by atoms with Crippen molar-refractivity contribution in [1.29, 1.82) is 0 Å². The monoisotopic (exact) mass is 206 g/mol. The lowest BCUT2D eigenvalue weighted by atomic mass is 9.82. The van der Waals surface area contributed by atoms with Gasteiger partial charge in [0.15, 0.2) is 0 Å². The largest absolute Gasteiger partial charge is 0.0988 e. The summed E-state index contributed by atoms with van der Waals surface area (Å²) in [6.07, 6.45) is 11.5. The Morgan fingerprint density at radius 1 is 1.33 bits per heavy atom. The highest BCUT2D eigenvalue weighted by Gasteiger charge is 2.16. The zero-order valence-corrected chi connectivity index (χ0v) is 10.8. The van der Waals surface area contributed by atoms with Crippen LogP contribution in [0.2, 0.25) is 0 Å². The van der Waals surface area contributed by atoms with E-state index in [2.05, 4.69) is 32.6 Å². The Morgan fingerprint density at radius 3 is 2.47 bits per heavy atom. The Labute approximate surface area is 95.8 Å². The molecule has 0 saturated heterocycles. The molecule has 0 amide bonds. The van der Waals surface area contributed by atoms with E-state index in [9.17, 15) is 0 Å². The molecule has 1 aliphatic carbocycles. The highest BCUT2D eigenvalue weighted by molar-refractivity contribution is 5.34. The van der Waals surface area contributed by atoms with Crippen molar-refractivity contribution in [3.8, 4) is 0 Å². The van der Waals surface area contributed by atoms with Crippen LogP contribution < -0.4 is 0 Å². The van der Waals surface area contributed by atoms with Gasteiger partial charge in [-0.1, -0.05) is 52.0 Å². The maximum absolute atomic E-state index is 3.89. The quantitative estimate of drug-likeness (QED) is 0.589. The first-order valence-electron chi connectivity index (χ1n) is 6.29. The summed E-state index contributed by atoms with van der Waals surface area (Å²) in [4.78, 5) is 0. The predicted octanol–water partition coefficient (Wildman–Crippen LogP) is 5.28. The molecule has 0 nitrogen and oxygen atoms in total. The minimum atomic E-state index is 0.891. The summed E-state index contributed by atoms with van der Waals surface area (Å²) in [5, 5.41) is 0. The number of hydrogen-bond donors (Lipinski definition) is 0. The molecule has 0 saturated carbocycles. The normalized spacial score (nSPS) is 21.2. The SMILES string of the molecule is C=CC1=C(/C=C\C)CCC(CC)C1.CC. The second-order valence-electron chi connectivity index (χ2n) is 3.77. The molecule has 0 radical (unpaired) electrons. The average molecular weight is 206 g/mol. The molecule has 0 N–H and O–H groups in total. The lowest BCUT2D eigenvalue weighted by Gasteiger charge is -2.23. The Morgan fingerprint density at radius 2 is 2.00 bits per heavy atom. The smallest absolute Gasteiger partial charge is 0.0248 e. The fourth-order valence-corrected chi connectivity index (χ4v) is 2.02. The summed E-state index contributed by atoms with van der Waals surface area (Å²) in [6, 6.07) is 0. The second-order valence-corrected chi connectivity index (χ2v) is 3.77. The molecule has 1 aliphatic rings. The third kappa shape index (κ3) is 4.51. The van der Waals surface area contributed by atoms with Crippen LogP contribution in [0.15, 0.2) is 36.0 Å². The molecule has 0 heteroatoms. The lowest BCUT2D eigenvalue weighted by Crippen LogP contribution is -2.07. The first-order valence-corrected chi connectivity index (χ1v) is 6.29. The van der Waals surface area contributed by atoms with Gasteiger partial charge in [-0.05, 0) is 43.3 Å². The van der Waals surface area contributed by atoms with Crippen molar-refractivity contribution in [2.75, 3.05) is 0 Å². The van der Waals surface area contributed by atoms with Gasteiger partial charge >= 0.3 is 0 Å². The third-order valence-electron chi connectivity index (χ3n) is 2.93. The van der Waals surface area contributed by atoms with Gasteiger partial charge in [-0.15, -0.1) is 0 Å². The minimum Gasteiger partial charge on any atom is -0.0988 e. The maximum Gasteiger partial charge on any atom is -0.0248 e. The van der Waals surface area contributed by atoms with Gasteiger partial charge in [0, 0.05) is 0 Å². The van der Waals surface area contributed by atoms with Crippen LogP contribution in [-0.2, 0) is 0 Å². The highest BCUT2D eigenvalue weighted by atomic mass is 14.2. The zero-order chi connectivity index (χ0) is 11.7. The summed E-state index contributed by atoms with van der Waals surface area (Å²) in [6.45, 7) is 12.3. The summed E-state index contributed by atoms with van der Waals surface area (Å²) in [5.74, 6) is 0.891. The van der Waals surface area contributed by atoms with Gasteiger partial charge in [-0.2, -0.15) is 0 Å². The summed E-state index contributed by atoms with van der Waals surface area (Å²) in [5.41, 5.74) is 2.97. The van der Waals surface area contributed by atoms with Crippen molar-refractivity contribution in [3.63, 3.8) is 0 Å². The van der Waals surface area contributed by atoms with Crippen molar-refractivity contribution < 1.29 is 0 Å².